The number of aromatic nitrogens is 1. The molecule has 0 atom stereocenters. The van der Waals surface area contributed by atoms with Crippen LogP contribution in [0, 0.1) is 0 Å². The molecule has 1 saturated heterocycles. The first-order valence-electron chi connectivity index (χ1n) is 10.2. The molecule has 1 fully saturated rings. The zero-order valence-electron chi connectivity index (χ0n) is 17.0. The van der Waals surface area contributed by atoms with Crippen molar-refractivity contribution in [1.29, 1.82) is 0 Å². The number of hydrogen-bond acceptors (Lipinski definition) is 6. The summed E-state index contributed by atoms with van der Waals surface area (Å²) in [7, 11) is -2.03. The van der Waals surface area contributed by atoms with Gasteiger partial charge in [-0.15, -0.1) is 11.3 Å². The van der Waals surface area contributed by atoms with E-state index in [1.807, 2.05) is 41.8 Å². The summed E-state index contributed by atoms with van der Waals surface area (Å²) in [5.74, 6) is 0.605. The van der Waals surface area contributed by atoms with E-state index in [0.717, 1.165) is 47.8 Å². The van der Waals surface area contributed by atoms with E-state index in [9.17, 15) is 9.69 Å². The van der Waals surface area contributed by atoms with Crippen molar-refractivity contribution < 1.29 is 9.69 Å². The third kappa shape index (κ3) is 4.48. The second-order valence-electron chi connectivity index (χ2n) is 7.70. The van der Waals surface area contributed by atoms with Gasteiger partial charge < -0.3 is 0 Å². The van der Waals surface area contributed by atoms with Crippen molar-refractivity contribution in [3.05, 3.63) is 59.6 Å². The van der Waals surface area contributed by atoms with Crippen LogP contribution in [-0.4, -0.2) is 47.4 Å². The van der Waals surface area contributed by atoms with Crippen molar-refractivity contribution in [2.75, 3.05) is 47.5 Å². The molecule has 2 aromatic heterocycles. The number of nitrogens with zero attached hydrogens (tertiary/aromatic N) is 2. The van der Waals surface area contributed by atoms with E-state index in [1.165, 1.54) is 0 Å². The number of amides is 1. The Kier molecular flexibility index (Phi) is 6.04. The minimum atomic E-state index is -2.03. The first kappa shape index (κ1) is 20.8. The summed E-state index contributed by atoms with van der Waals surface area (Å²) in [6, 6.07) is 13.3. The predicted molar refractivity (Wildman–Crippen MR) is 129 cm³/mol. The molecular formula is C22H27N4O2PS. The quantitative estimate of drug-likeness (QED) is 0.408. The molecule has 4 N–H and O–H groups in total. The van der Waals surface area contributed by atoms with E-state index in [-0.39, 0.29) is 5.91 Å². The summed E-state index contributed by atoms with van der Waals surface area (Å²) >= 11 is 1.64. The number of nitrogens with two attached hydrogens (primary N) is 1. The van der Waals surface area contributed by atoms with Crippen LogP contribution in [0.1, 0.15) is 17.3 Å². The molecule has 0 unspecified atom stereocenters. The van der Waals surface area contributed by atoms with Crippen LogP contribution in [0.3, 0.4) is 0 Å². The normalized spacial score (nSPS) is 16.8. The molecule has 0 radical (unpaired) electrons. The zero-order chi connectivity index (χ0) is 21.1. The number of rotatable bonds is 5. The van der Waals surface area contributed by atoms with Crippen LogP contribution in [0.5, 0.6) is 0 Å². The SMILES string of the molecule is CC[PH]1(O)CCN(c2ccc(C(=O)Nc3cc(-c4cccs4)ccc3N)cn2)CC1. The van der Waals surface area contributed by atoms with Crippen LogP contribution in [0.2, 0.25) is 0 Å². The number of thiophene rings is 1. The van der Waals surface area contributed by atoms with E-state index < -0.39 is 7.49 Å². The first-order chi connectivity index (χ1) is 14.5. The average Bonchev–Trinajstić information content (AvgIpc) is 3.31. The molecule has 3 aromatic rings. The van der Waals surface area contributed by atoms with Gasteiger partial charge in [-0.3, -0.25) is 0 Å². The summed E-state index contributed by atoms with van der Waals surface area (Å²) in [4.78, 5) is 31.1. The molecule has 0 spiro atoms. The van der Waals surface area contributed by atoms with Gasteiger partial charge in [0.1, 0.15) is 0 Å². The van der Waals surface area contributed by atoms with Gasteiger partial charge in [-0.2, -0.15) is 0 Å². The van der Waals surface area contributed by atoms with E-state index in [1.54, 1.807) is 23.6 Å². The number of carbonyl (C=O) groups excluding carboxylic acids is 1. The van der Waals surface area contributed by atoms with Gasteiger partial charge in [0.05, 0.1) is 0 Å². The van der Waals surface area contributed by atoms with Crippen LogP contribution in [-0.2, 0) is 0 Å². The van der Waals surface area contributed by atoms with Crippen LogP contribution in [0.4, 0.5) is 17.2 Å². The molecule has 0 bridgehead atoms. The molecule has 3 heterocycles. The molecule has 1 aliphatic rings. The van der Waals surface area contributed by atoms with Gasteiger partial charge in [0, 0.05) is 4.88 Å². The van der Waals surface area contributed by atoms with Crippen LogP contribution < -0.4 is 16.0 Å². The molecule has 158 valence electrons. The number of benzene rings is 1. The molecule has 30 heavy (non-hydrogen) atoms. The van der Waals surface area contributed by atoms with Crippen LogP contribution in [0.15, 0.2) is 54.0 Å². The second-order valence-corrected chi connectivity index (χ2v) is 12.8. The van der Waals surface area contributed by atoms with Gasteiger partial charge in [0.25, 0.3) is 0 Å². The molecule has 1 amide bonds. The second kappa shape index (κ2) is 8.72. The average molecular weight is 443 g/mol. The third-order valence-corrected chi connectivity index (χ3v) is 10.3. The van der Waals surface area contributed by atoms with Crippen molar-refractivity contribution >= 4 is 41.9 Å². The van der Waals surface area contributed by atoms with Crippen LogP contribution in [0.25, 0.3) is 10.4 Å². The van der Waals surface area contributed by atoms with E-state index in [2.05, 4.69) is 22.1 Å². The molecule has 4 rings (SSSR count). The maximum absolute atomic E-state index is 12.7. The van der Waals surface area contributed by atoms with Gasteiger partial charge in [0.15, 0.2) is 0 Å². The van der Waals surface area contributed by atoms with Gasteiger partial charge in [-0.25, -0.2) is 0 Å². The number of nitrogens with one attached hydrogen (secondary N) is 1. The molecule has 1 aliphatic heterocycles. The Hall–Kier alpha value is -2.47. The van der Waals surface area contributed by atoms with Crippen LogP contribution >= 0.6 is 18.8 Å². The number of carbonyl (C=O) groups is 1. The molecule has 0 aliphatic carbocycles. The summed E-state index contributed by atoms with van der Waals surface area (Å²) in [5, 5.41) is 4.92. The number of nitrogen functional groups attached to an aromatic ring is 1. The van der Waals surface area contributed by atoms with Gasteiger partial charge in [-0.05, 0) is 11.4 Å². The predicted octanol–water partition coefficient (Wildman–Crippen LogP) is 4.14. The van der Waals surface area contributed by atoms with Crippen molar-refractivity contribution in [2.45, 2.75) is 6.92 Å². The Morgan fingerprint density at radius 2 is 2.07 bits per heavy atom. The third-order valence-electron chi connectivity index (χ3n) is 5.79. The molecular weight excluding hydrogens is 415 g/mol. The number of anilines is 3. The molecule has 1 aromatic carbocycles. The van der Waals surface area contributed by atoms with Gasteiger partial charge >= 0.3 is 141 Å². The van der Waals surface area contributed by atoms with Crippen molar-refractivity contribution in [2.24, 2.45) is 0 Å². The fraction of sp³-hybridized carbons (Fsp3) is 0.273. The Morgan fingerprint density at radius 1 is 1.27 bits per heavy atom. The van der Waals surface area contributed by atoms with Crippen molar-refractivity contribution in [1.82, 2.24) is 4.98 Å². The topological polar surface area (TPSA) is 91.5 Å². The molecule has 8 heteroatoms. The Balaban J connectivity index is 1.44. The standard InChI is InChI=1S/C22H27N4O2PS/c1-2-29(28)11-9-26(10-12-29)21-8-6-17(15-24-21)22(27)25-19-14-16(5-7-18(19)23)20-4-3-13-30-20/h3-8,13-15,28-29H,2,9-12,23H2,1H3,(H,25,27). The Labute approximate surface area is 181 Å². The zero-order valence-corrected chi connectivity index (χ0v) is 18.8. The molecule has 6 nitrogen and oxygen atoms in total. The fourth-order valence-corrected chi connectivity index (χ4v) is 6.72. The van der Waals surface area contributed by atoms with Gasteiger partial charge in [-0.1, -0.05) is 12.1 Å². The summed E-state index contributed by atoms with van der Waals surface area (Å²) in [6.45, 7) is 3.72. The Morgan fingerprint density at radius 3 is 2.70 bits per heavy atom. The summed E-state index contributed by atoms with van der Waals surface area (Å²) in [6.07, 6.45) is 4.24. The van der Waals surface area contributed by atoms with E-state index in [0.29, 0.717) is 16.9 Å². The number of pyridine rings is 1. The van der Waals surface area contributed by atoms with Crippen molar-refractivity contribution in [3.8, 4) is 10.4 Å². The monoisotopic (exact) mass is 442 g/mol. The number of hydrogen-bond donors (Lipinski definition) is 3. The van der Waals surface area contributed by atoms with E-state index in [4.69, 9.17) is 5.73 Å². The summed E-state index contributed by atoms with van der Waals surface area (Å²) < 4.78 is 0. The first-order valence-corrected chi connectivity index (χ1v) is 13.6. The minimum absolute atomic E-state index is 0.240. The fourth-order valence-electron chi connectivity index (χ4n) is 3.67. The molecule has 0 saturated carbocycles. The Bertz CT molecular complexity index is 1020. The van der Waals surface area contributed by atoms with Crippen molar-refractivity contribution in [3.63, 3.8) is 0 Å². The van der Waals surface area contributed by atoms with E-state index >= 15 is 0 Å². The summed E-state index contributed by atoms with van der Waals surface area (Å²) in [5.41, 5.74) is 8.69. The van der Waals surface area contributed by atoms with Gasteiger partial charge in [0.2, 0.25) is 0 Å². The maximum atomic E-state index is 12.7.